The number of hydrogen-bond acceptors (Lipinski definition) is 5. The molecule has 1 amide bonds. The molecule has 106 valence electrons. The second-order valence-corrected chi connectivity index (χ2v) is 4.50. The van der Waals surface area contributed by atoms with Crippen LogP contribution in [0.3, 0.4) is 0 Å². The van der Waals surface area contributed by atoms with Gasteiger partial charge in [0.2, 0.25) is 0 Å². The van der Waals surface area contributed by atoms with Gasteiger partial charge in [-0.1, -0.05) is 0 Å². The molecule has 2 N–H and O–H groups in total. The van der Waals surface area contributed by atoms with E-state index in [0.717, 1.165) is 16.9 Å². The molecule has 0 unspecified atom stereocenters. The van der Waals surface area contributed by atoms with Crippen LogP contribution in [0, 0.1) is 6.92 Å². The minimum Gasteiger partial charge on any atom is -0.348 e. The van der Waals surface area contributed by atoms with E-state index in [2.05, 4.69) is 31.0 Å². The Morgan fingerprint density at radius 3 is 2.76 bits per heavy atom. The molecule has 21 heavy (non-hydrogen) atoms. The van der Waals surface area contributed by atoms with Crippen molar-refractivity contribution in [2.75, 3.05) is 0 Å². The normalized spacial score (nSPS) is 10.5. The lowest BCUT2D eigenvalue weighted by atomic mass is 10.2. The number of nitrogens with one attached hydrogen (secondary N) is 2. The number of carbonyl (C=O) groups excluding carboxylic acids is 1. The van der Waals surface area contributed by atoms with Gasteiger partial charge >= 0.3 is 0 Å². The molecule has 0 radical (unpaired) electrons. The largest absolute Gasteiger partial charge is 0.348 e. The number of benzene rings is 1. The summed E-state index contributed by atoms with van der Waals surface area (Å²) >= 11 is 0. The molecular weight excluding hydrogens is 270 g/mol. The summed E-state index contributed by atoms with van der Waals surface area (Å²) in [5, 5.41) is 20.5. The van der Waals surface area contributed by atoms with Crippen molar-refractivity contribution in [3.05, 3.63) is 53.6 Å². The van der Waals surface area contributed by atoms with Gasteiger partial charge in [-0.05, 0) is 41.6 Å². The van der Waals surface area contributed by atoms with Gasteiger partial charge in [-0.3, -0.25) is 9.89 Å². The Morgan fingerprint density at radius 2 is 2.14 bits per heavy atom. The lowest BCUT2D eigenvalue weighted by Crippen LogP contribution is -2.22. The van der Waals surface area contributed by atoms with E-state index in [-0.39, 0.29) is 5.91 Å². The molecular formula is C13H13N7O. The molecule has 0 fully saturated rings. The van der Waals surface area contributed by atoms with E-state index < -0.39 is 0 Å². The van der Waals surface area contributed by atoms with Crippen LogP contribution in [0.2, 0.25) is 0 Å². The molecule has 8 heteroatoms. The molecule has 0 aliphatic carbocycles. The fraction of sp³-hybridized carbons (Fsp3) is 0.154. The highest BCUT2D eigenvalue weighted by molar-refractivity contribution is 5.94. The molecule has 0 aliphatic heterocycles. The van der Waals surface area contributed by atoms with Crippen LogP contribution in [0.15, 0.2) is 36.8 Å². The Hall–Kier alpha value is -3.03. The van der Waals surface area contributed by atoms with Crippen LogP contribution in [-0.2, 0) is 6.54 Å². The number of rotatable bonds is 4. The molecule has 0 bridgehead atoms. The third-order valence-electron chi connectivity index (χ3n) is 3.12. The summed E-state index contributed by atoms with van der Waals surface area (Å²) in [5.41, 5.74) is 3.29. The van der Waals surface area contributed by atoms with Crippen LogP contribution in [-0.4, -0.2) is 36.3 Å². The van der Waals surface area contributed by atoms with Gasteiger partial charge in [0.05, 0.1) is 11.9 Å². The van der Waals surface area contributed by atoms with Crippen LogP contribution in [0.5, 0.6) is 0 Å². The number of aromatic amines is 1. The summed E-state index contributed by atoms with van der Waals surface area (Å²) in [4.78, 5) is 12.1. The van der Waals surface area contributed by atoms with E-state index in [0.29, 0.717) is 12.1 Å². The minimum absolute atomic E-state index is 0.140. The number of aromatic nitrogens is 6. The van der Waals surface area contributed by atoms with Gasteiger partial charge in [0.15, 0.2) is 0 Å². The van der Waals surface area contributed by atoms with Crippen LogP contribution in [0.4, 0.5) is 0 Å². The maximum Gasteiger partial charge on any atom is 0.251 e. The number of H-pyrrole nitrogens is 1. The van der Waals surface area contributed by atoms with E-state index in [1.54, 1.807) is 30.5 Å². The highest BCUT2D eigenvalue weighted by Crippen LogP contribution is 2.08. The van der Waals surface area contributed by atoms with E-state index in [9.17, 15) is 4.79 Å². The number of carbonyl (C=O) groups is 1. The topological polar surface area (TPSA) is 101 Å². The zero-order chi connectivity index (χ0) is 14.7. The maximum atomic E-state index is 12.1. The number of aryl methyl sites for hydroxylation is 1. The first-order valence-corrected chi connectivity index (χ1v) is 6.34. The first-order chi connectivity index (χ1) is 10.2. The van der Waals surface area contributed by atoms with Crippen molar-refractivity contribution >= 4 is 5.91 Å². The molecule has 1 aromatic carbocycles. The Kier molecular flexibility index (Phi) is 3.42. The maximum absolute atomic E-state index is 12.1. The Bertz CT molecular complexity index is 730. The third kappa shape index (κ3) is 2.78. The number of amides is 1. The van der Waals surface area contributed by atoms with Gasteiger partial charge < -0.3 is 5.32 Å². The number of hydrogen-bond donors (Lipinski definition) is 2. The third-order valence-corrected chi connectivity index (χ3v) is 3.12. The Morgan fingerprint density at radius 1 is 1.33 bits per heavy atom. The van der Waals surface area contributed by atoms with E-state index >= 15 is 0 Å². The van der Waals surface area contributed by atoms with Crippen molar-refractivity contribution in [2.45, 2.75) is 13.5 Å². The zero-order valence-corrected chi connectivity index (χ0v) is 11.3. The molecule has 0 atom stereocenters. The van der Waals surface area contributed by atoms with Crippen molar-refractivity contribution in [3.8, 4) is 5.69 Å². The Balaban J connectivity index is 1.66. The highest BCUT2D eigenvalue weighted by atomic mass is 16.1. The molecule has 3 rings (SSSR count). The Labute approximate surface area is 120 Å². The molecule has 0 aliphatic rings. The number of tetrazole rings is 1. The summed E-state index contributed by atoms with van der Waals surface area (Å²) in [6, 6.07) is 7.03. The predicted molar refractivity (Wildman–Crippen MR) is 73.6 cm³/mol. The second-order valence-electron chi connectivity index (χ2n) is 4.50. The minimum atomic E-state index is -0.140. The number of nitrogens with zero attached hydrogens (tertiary/aromatic N) is 5. The average molecular weight is 283 g/mol. The van der Waals surface area contributed by atoms with Gasteiger partial charge in [0.1, 0.15) is 6.33 Å². The molecule has 2 aromatic heterocycles. The first kappa shape index (κ1) is 13.0. The molecule has 0 saturated heterocycles. The van der Waals surface area contributed by atoms with Crippen molar-refractivity contribution in [1.82, 2.24) is 35.7 Å². The van der Waals surface area contributed by atoms with E-state index in [1.807, 2.05) is 6.92 Å². The standard InChI is InChI=1S/C13H13N7O/c1-9-11(7-15-17-9)6-14-13(21)10-2-4-12(5-3-10)20-8-16-18-19-20/h2-5,7-8H,6H2,1H3,(H,14,21)(H,15,17). The van der Waals surface area contributed by atoms with Gasteiger partial charge in [-0.25, -0.2) is 4.68 Å². The van der Waals surface area contributed by atoms with Gasteiger partial charge in [0.25, 0.3) is 5.91 Å². The van der Waals surface area contributed by atoms with Gasteiger partial charge in [-0.15, -0.1) is 5.10 Å². The lowest BCUT2D eigenvalue weighted by molar-refractivity contribution is 0.0951. The summed E-state index contributed by atoms with van der Waals surface area (Å²) in [6.07, 6.45) is 3.20. The monoisotopic (exact) mass is 283 g/mol. The lowest BCUT2D eigenvalue weighted by Gasteiger charge is -2.05. The van der Waals surface area contributed by atoms with Crippen LogP contribution >= 0.6 is 0 Å². The summed E-state index contributed by atoms with van der Waals surface area (Å²) in [6.45, 7) is 2.35. The van der Waals surface area contributed by atoms with Crippen LogP contribution in [0.1, 0.15) is 21.6 Å². The van der Waals surface area contributed by atoms with Crippen molar-refractivity contribution < 1.29 is 4.79 Å². The predicted octanol–water partition coefficient (Wildman–Crippen LogP) is 0.624. The molecule has 0 saturated carbocycles. The molecule has 3 aromatic rings. The van der Waals surface area contributed by atoms with Crippen molar-refractivity contribution in [3.63, 3.8) is 0 Å². The summed E-state index contributed by atoms with van der Waals surface area (Å²) in [7, 11) is 0. The fourth-order valence-corrected chi connectivity index (χ4v) is 1.88. The van der Waals surface area contributed by atoms with Crippen molar-refractivity contribution in [2.24, 2.45) is 0 Å². The van der Waals surface area contributed by atoms with E-state index in [4.69, 9.17) is 0 Å². The molecule has 8 nitrogen and oxygen atoms in total. The second kappa shape index (κ2) is 5.53. The quantitative estimate of drug-likeness (QED) is 0.731. The summed E-state index contributed by atoms with van der Waals surface area (Å²) < 4.78 is 1.52. The van der Waals surface area contributed by atoms with Crippen molar-refractivity contribution in [1.29, 1.82) is 0 Å². The van der Waals surface area contributed by atoms with Gasteiger partial charge in [0, 0.05) is 23.4 Å². The summed E-state index contributed by atoms with van der Waals surface area (Å²) in [5.74, 6) is -0.140. The molecule has 0 spiro atoms. The zero-order valence-electron chi connectivity index (χ0n) is 11.3. The van der Waals surface area contributed by atoms with E-state index in [1.165, 1.54) is 11.0 Å². The van der Waals surface area contributed by atoms with Crippen LogP contribution < -0.4 is 5.32 Å². The highest BCUT2D eigenvalue weighted by Gasteiger charge is 2.07. The average Bonchev–Trinajstić information content (AvgIpc) is 3.17. The van der Waals surface area contributed by atoms with Gasteiger partial charge in [-0.2, -0.15) is 5.10 Å². The molecule has 2 heterocycles. The smallest absolute Gasteiger partial charge is 0.251 e. The first-order valence-electron chi connectivity index (χ1n) is 6.34. The van der Waals surface area contributed by atoms with Crippen LogP contribution in [0.25, 0.3) is 5.69 Å². The fourth-order valence-electron chi connectivity index (χ4n) is 1.88. The SMILES string of the molecule is Cc1[nH]ncc1CNC(=O)c1ccc(-n2cnnn2)cc1.